The minimum Gasteiger partial charge on any atom is -0.349 e. The Morgan fingerprint density at radius 2 is 1.76 bits per heavy atom. The smallest absolute Gasteiger partial charge is 0.323 e. The standard InChI is InChI=1S/C31H33F3N6O2/c1-16-27(33)23(32)14-25(28(16)34)38-30(42)36-19-9-7-17(8-10-19)20-13-24(37-29-21(20)15-35-40(29)6)22-11-18(31(22,2)3)12-26(41)39(4)5/h7-10,13-15,18,22H,11-12H2,1-6H3,(H2,36,38,42). The molecule has 11 heteroatoms. The molecule has 2 atom stereocenters. The molecule has 0 bridgehead atoms. The van der Waals surface area contributed by atoms with Gasteiger partial charge < -0.3 is 15.5 Å². The van der Waals surface area contributed by atoms with Crippen molar-refractivity contribution in [3.05, 3.63) is 71.3 Å². The highest BCUT2D eigenvalue weighted by Crippen LogP contribution is 2.58. The molecule has 2 aromatic heterocycles. The molecule has 0 spiro atoms. The van der Waals surface area contributed by atoms with Crippen LogP contribution in [-0.2, 0) is 11.8 Å². The minimum atomic E-state index is -1.30. The summed E-state index contributed by atoms with van der Waals surface area (Å²) in [5, 5.41) is 10.1. The maximum Gasteiger partial charge on any atom is 0.323 e. The van der Waals surface area contributed by atoms with Crippen LogP contribution in [0.1, 0.15) is 43.9 Å². The van der Waals surface area contributed by atoms with Crippen molar-refractivity contribution in [2.45, 2.75) is 39.5 Å². The second-order valence-electron chi connectivity index (χ2n) is 11.7. The van der Waals surface area contributed by atoms with Gasteiger partial charge in [0.05, 0.1) is 11.9 Å². The van der Waals surface area contributed by atoms with Crippen molar-refractivity contribution in [2.75, 3.05) is 24.7 Å². The summed E-state index contributed by atoms with van der Waals surface area (Å²) in [6.07, 6.45) is 3.13. The summed E-state index contributed by atoms with van der Waals surface area (Å²) in [5.74, 6) is -3.05. The lowest BCUT2D eigenvalue weighted by atomic mass is 9.52. The van der Waals surface area contributed by atoms with E-state index in [1.165, 1.54) is 0 Å². The maximum atomic E-state index is 14.3. The van der Waals surface area contributed by atoms with Gasteiger partial charge in [0.25, 0.3) is 0 Å². The van der Waals surface area contributed by atoms with Crippen LogP contribution in [0, 0.1) is 35.7 Å². The van der Waals surface area contributed by atoms with Gasteiger partial charge in [-0.3, -0.25) is 9.48 Å². The van der Waals surface area contributed by atoms with E-state index in [-0.39, 0.29) is 23.2 Å². The number of aromatic nitrogens is 3. The molecule has 4 aromatic rings. The summed E-state index contributed by atoms with van der Waals surface area (Å²) < 4.78 is 43.4. The Balaban J connectivity index is 1.37. The van der Waals surface area contributed by atoms with Crippen molar-refractivity contribution in [1.29, 1.82) is 0 Å². The Labute approximate surface area is 241 Å². The Kier molecular flexibility index (Phi) is 7.46. The molecule has 2 aromatic carbocycles. The number of halogens is 3. The summed E-state index contributed by atoms with van der Waals surface area (Å²) in [6, 6.07) is 8.95. The van der Waals surface area contributed by atoms with Crippen LogP contribution < -0.4 is 10.6 Å². The molecule has 1 saturated carbocycles. The molecule has 8 nitrogen and oxygen atoms in total. The third kappa shape index (κ3) is 5.19. The van der Waals surface area contributed by atoms with Gasteiger partial charge in [-0.15, -0.1) is 0 Å². The average Bonchev–Trinajstić information content (AvgIpc) is 3.32. The highest BCUT2D eigenvalue weighted by molar-refractivity contribution is 6.00. The molecule has 1 fully saturated rings. The molecule has 2 N–H and O–H groups in total. The molecule has 2 heterocycles. The zero-order chi connectivity index (χ0) is 30.5. The number of hydrogen-bond acceptors (Lipinski definition) is 4. The molecular weight excluding hydrogens is 545 g/mol. The number of urea groups is 1. The summed E-state index contributed by atoms with van der Waals surface area (Å²) >= 11 is 0. The largest absolute Gasteiger partial charge is 0.349 e. The van der Waals surface area contributed by atoms with Gasteiger partial charge >= 0.3 is 6.03 Å². The average molecular weight is 579 g/mol. The third-order valence-electron chi connectivity index (χ3n) is 8.55. The van der Waals surface area contributed by atoms with Crippen molar-refractivity contribution < 1.29 is 22.8 Å². The second kappa shape index (κ2) is 10.8. The van der Waals surface area contributed by atoms with Crippen LogP contribution in [0.5, 0.6) is 0 Å². The van der Waals surface area contributed by atoms with E-state index in [0.29, 0.717) is 18.2 Å². The first-order valence-corrected chi connectivity index (χ1v) is 13.6. The monoisotopic (exact) mass is 578 g/mol. The van der Waals surface area contributed by atoms with Crippen molar-refractivity contribution in [3.8, 4) is 11.1 Å². The second-order valence-corrected chi connectivity index (χ2v) is 11.7. The Morgan fingerprint density at radius 3 is 2.40 bits per heavy atom. The number of nitrogens with one attached hydrogen (secondary N) is 2. The fourth-order valence-corrected chi connectivity index (χ4v) is 5.65. The molecule has 1 aliphatic carbocycles. The number of pyridine rings is 1. The predicted molar refractivity (Wildman–Crippen MR) is 156 cm³/mol. The minimum absolute atomic E-state index is 0.116. The van der Waals surface area contributed by atoms with E-state index >= 15 is 0 Å². The highest BCUT2D eigenvalue weighted by atomic mass is 19.2. The van der Waals surface area contributed by atoms with Crippen LogP contribution in [0.25, 0.3) is 22.2 Å². The lowest BCUT2D eigenvalue weighted by Crippen LogP contribution is -2.45. The molecule has 220 valence electrons. The Bertz CT molecular complexity index is 1700. The highest BCUT2D eigenvalue weighted by Gasteiger charge is 2.50. The molecule has 0 aliphatic heterocycles. The van der Waals surface area contributed by atoms with E-state index < -0.39 is 34.7 Å². The molecule has 42 heavy (non-hydrogen) atoms. The number of hydrogen-bond donors (Lipinski definition) is 2. The number of aryl methyl sites for hydroxylation is 1. The molecule has 0 radical (unpaired) electrons. The van der Waals surface area contributed by atoms with Gasteiger partial charge in [-0.25, -0.2) is 22.9 Å². The lowest BCUT2D eigenvalue weighted by Gasteiger charge is -2.52. The van der Waals surface area contributed by atoms with E-state index in [1.807, 2.05) is 19.2 Å². The normalized spacial score (nSPS) is 17.5. The zero-order valence-electron chi connectivity index (χ0n) is 24.3. The van der Waals surface area contributed by atoms with Gasteiger partial charge in [0.15, 0.2) is 23.1 Å². The molecule has 1 aliphatic rings. The molecule has 3 amide bonds. The number of benzene rings is 2. The topological polar surface area (TPSA) is 92.2 Å². The summed E-state index contributed by atoms with van der Waals surface area (Å²) in [4.78, 5) is 31.4. The van der Waals surface area contributed by atoms with Crippen LogP contribution in [0.4, 0.5) is 29.3 Å². The van der Waals surface area contributed by atoms with E-state index in [1.54, 1.807) is 42.0 Å². The number of rotatable bonds is 6. The van der Waals surface area contributed by atoms with Crippen LogP contribution >= 0.6 is 0 Å². The van der Waals surface area contributed by atoms with E-state index in [0.717, 1.165) is 41.2 Å². The SMILES string of the molecule is Cc1c(F)c(F)cc(NC(=O)Nc2ccc(-c3cc(C4CC(CC(=O)N(C)C)C4(C)C)nc4c3cnn4C)cc2)c1F. The van der Waals surface area contributed by atoms with Crippen LogP contribution in [0.2, 0.25) is 0 Å². The van der Waals surface area contributed by atoms with Gasteiger partial charge in [-0.2, -0.15) is 5.10 Å². The molecule has 0 saturated heterocycles. The van der Waals surface area contributed by atoms with Gasteiger partial charge in [-0.1, -0.05) is 26.0 Å². The molecular formula is C31H33F3N6O2. The fourth-order valence-electron chi connectivity index (χ4n) is 5.65. The van der Waals surface area contributed by atoms with Gasteiger partial charge in [0, 0.05) is 61.9 Å². The fraction of sp³-hybridized carbons (Fsp3) is 0.355. The van der Waals surface area contributed by atoms with Crippen LogP contribution in [-0.4, -0.2) is 45.7 Å². The Hall–Kier alpha value is -4.41. The quantitative estimate of drug-likeness (QED) is 0.252. The third-order valence-corrected chi connectivity index (χ3v) is 8.55. The maximum absolute atomic E-state index is 14.3. The number of carbonyl (C=O) groups is 2. The van der Waals surface area contributed by atoms with Gasteiger partial charge in [-0.05, 0) is 54.0 Å². The van der Waals surface area contributed by atoms with Gasteiger partial charge in [0.1, 0.15) is 0 Å². The first kappa shape index (κ1) is 29.1. The molecule has 5 rings (SSSR count). The Morgan fingerprint density at radius 1 is 1.07 bits per heavy atom. The van der Waals surface area contributed by atoms with Gasteiger partial charge in [0.2, 0.25) is 5.91 Å². The first-order valence-electron chi connectivity index (χ1n) is 13.6. The van der Waals surface area contributed by atoms with E-state index in [4.69, 9.17) is 4.98 Å². The van der Waals surface area contributed by atoms with Crippen molar-refractivity contribution >= 4 is 34.3 Å². The number of nitrogens with zero attached hydrogens (tertiary/aromatic N) is 4. The van der Waals surface area contributed by atoms with Crippen LogP contribution in [0.15, 0.2) is 42.6 Å². The zero-order valence-corrected chi connectivity index (χ0v) is 24.3. The number of anilines is 2. The summed E-state index contributed by atoms with van der Waals surface area (Å²) in [7, 11) is 5.39. The number of carbonyl (C=O) groups excluding carboxylic acids is 2. The van der Waals surface area contributed by atoms with Crippen LogP contribution in [0.3, 0.4) is 0 Å². The van der Waals surface area contributed by atoms with E-state index in [2.05, 4.69) is 35.6 Å². The van der Waals surface area contributed by atoms with E-state index in [9.17, 15) is 22.8 Å². The predicted octanol–water partition coefficient (Wildman–Crippen LogP) is 6.61. The molecule has 2 unspecified atom stereocenters. The summed E-state index contributed by atoms with van der Waals surface area (Å²) in [5.41, 5.74) is 2.81. The lowest BCUT2D eigenvalue weighted by molar-refractivity contribution is -0.133. The summed E-state index contributed by atoms with van der Waals surface area (Å²) in [6.45, 7) is 5.46. The number of fused-ring (bicyclic) bond motifs is 1. The first-order chi connectivity index (χ1) is 19.8. The number of amides is 3. The van der Waals surface area contributed by atoms with Crippen molar-refractivity contribution in [3.63, 3.8) is 0 Å². The van der Waals surface area contributed by atoms with Crippen molar-refractivity contribution in [1.82, 2.24) is 19.7 Å². The van der Waals surface area contributed by atoms with Crippen molar-refractivity contribution in [2.24, 2.45) is 18.4 Å².